The lowest BCUT2D eigenvalue weighted by Gasteiger charge is -2.18. The Morgan fingerprint density at radius 1 is 1.10 bits per heavy atom. The molecule has 2 aromatic rings. The first-order valence-electron chi connectivity index (χ1n) is 6.04. The summed E-state index contributed by atoms with van der Waals surface area (Å²) in [5.74, 6) is -0.260. The van der Waals surface area contributed by atoms with E-state index in [0.29, 0.717) is 15.7 Å². The maximum Gasteiger partial charge on any atom is 0.336 e. The van der Waals surface area contributed by atoms with Gasteiger partial charge in [-0.25, -0.2) is 23.2 Å². The number of hydrogen-bond acceptors (Lipinski definition) is 5. The monoisotopic (exact) mass is 306 g/mol. The van der Waals surface area contributed by atoms with Gasteiger partial charge in [-0.15, -0.1) is 4.31 Å². The van der Waals surface area contributed by atoms with Crippen LogP contribution in [-0.4, -0.2) is 24.4 Å². The van der Waals surface area contributed by atoms with Crippen molar-refractivity contribution in [2.75, 3.05) is 4.31 Å². The Morgan fingerprint density at radius 3 is 2.10 bits per heavy atom. The number of amides is 2. The number of carbonyl (C=O) groups is 1. The van der Waals surface area contributed by atoms with E-state index in [2.05, 4.69) is 9.97 Å². The van der Waals surface area contributed by atoms with Crippen LogP contribution in [0.5, 0.6) is 0 Å². The Balaban J connectivity index is 2.62. The van der Waals surface area contributed by atoms with Gasteiger partial charge >= 0.3 is 6.03 Å². The average molecular weight is 306 g/mol. The van der Waals surface area contributed by atoms with Crippen LogP contribution in [0.15, 0.2) is 41.3 Å². The topological polar surface area (TPSA) is 106 Å². The van der Waals surface area contributed by atoms with Gasteiger partial charge in [-0.05, 0) is 32.0 Å². The van der Waals surface area contributed by atoms with Gasteiger partial charge in [-0.3, -0.25) is 0 Å². The fourth-order valence-corrected chi connectivity index (χ4v) is 3.07. The molecule has 0 bridgehead atoms. The molecule has 7 nitrogen and oxygen atoms in total. The van der Waals surface area contributed by atoms with Crippen LogP contribution in [0.3, 0.4) is 0 Å². The molecule has 110 valence electrons. The molecule has 0 atom stereocenters. The van der Waals surface area contributed by atoms with Gasteiger partial charge in [0.1, 0.15) is 0 Å². The van der Waals surface area contributed by atoms with Crippen LogP contribution in [0.4, 0.5) is 10.7 Å². The average Bonchev–Trinajstić information content (AvgIpc) is 2.37. The Morgan fingerprint density at radius 2 is 1.62 bits per heavy atom. The largest absolute Gasteiger partial charge is 0.350 e. The van der Waals surface area contributed by atoms with E-state index < -0.39 is 16.1 Å². The molecule has 0 fully saturated rings. The first-order chi connectivity index (χ1) is 9.82. The van der Waals surface area contributed by atoms with Crippen LogP contribution in [0, 0.1) is 13.8 Å². The number of aryl methyl sites for hydroxylation is 2. The van der Waals surface area contributed by atoms with E-state index in [-0.39, 0.29) is 10.8 Å². The molecule has 0 aliphatic rings. The molecule has 0 saturated heterocycles. The number of sulfonamides is 1. The lowest BCUT2D eigenvalue weighted by Crippen LogP contribution is -2.42. The number of urea groups is 1. The normalized spacial score (nSPS) is 11.1. The van der Waals surface area contributed by atoms with Gasteiger partial charge in [0.15, 0.2) is 0 Å². The Bertz CT molecular complexity index is 755. The van der Waals surface area contributed by atoms with Gasteiger partial charge in [0.25, 0.3) is 10.0 Å². The minimum absolute atomic E-state index is 0.0634. The highest BCUT2D eigenvalue weighted by Gasteiger charge is 2.31. The van der Waals surface area contributed by atoms with Crippen molar-refractivity contribution < 1.29 is 13.2 Å². The number of primary amides is 1. The number of nitrogens with zero attached hydrogens (tertiary/aromatic N) is 3. The molecule has 0 aliphatic heterocycles. The van der Waals surface area contributed by atoms with Crippen molar-refractivity contribution in [1.82, 2.24) is 9.97 Å². The van der Waals surface area contributed by atoms with E-state index in [1.165, 1.54) is 12.1 Å². The van der Waals surface area contributed by atoms with Crippen LogP contribution < -0.4 is 10.0 Å². The van der Waals surface area contributed by atoms with Gasteiger partial charge in [0, 0.05) is 11.4 Å². The van der Waals surface area contributed by atoms with E-state index in [0.717, 1.165) is 0 Å². The summed E-state index contributed by atoms with van der Waals surface area (Å²) in [7, 11) is -4.15. The lowest BCUT2D eigenvalue weighted by atomic mass is 10.4. The number of rotatable bonds is 3. The molecule has 21 heavy (non-hydrogen) atoms. The fourth-order valence-electron chi connectivity index (χ4n) is 1.82. The molecule has 0 spiro atoms. The van der Waals surface area contributed by atoms with Crippen molar-refractivity contribution in [3.05, 3.63) is 47.8 Å². The van der Waals surface area contributed by atoms with Crippen molar-refractivity contribution in [1.29, 1.82) is 0 Å². The first-order valence-corrected chi connectivity index (χ1v) is 7.48. The van der Waals surface area contributed by atoms with E-state index in [9.17, 15) is 13.2 Å². The van der Waals surface area contributed by atoms with Gasteiger partial charge in [0.05, 0.1) is 4.90 Å². The summed E-state index contributed by atoms with van der Waals surface area (Å²) >= 11 is 0. The minimum Gasteiger partial charge on any atom is -0.350 e. The molecule has 1 aromatic carbocycles. The smallest absolute Gasteiger partial charge is 0.336 e. The number of nitrogens with two attached hydrogens (primary N) is 1. The molecule has 1 heterocycles. The molecule has 2 amide bonds. The van der Waals surface area contributed by atoms with Crippen LogP contribution in [0.25, 0.3) is 0 Å². The summed E-state index contributed by atoms with van der Waals surface area (Å²) in [6.45, 7) is 3.35. The Kier molecular flexibility index (Phi) is 3.90. The highest BCUT2D eigenvalue weighted by atomic mass is 32.2. The van der Waals surface area contributed by atoms with Crippen molar-refractivity contribution in [2.24, 2.45) is 5.73 Å². The van der Waals surface area contributed by atoms with Crippen molar-refractivity contribution in [2.45, 2.75) is 18.7 Å². The number of hydrogen-bond donors (Lipinski definition) is 1. The lowest BCUT2D eigenvalue weighted by molar-refractivity contribution is 0.256. The molecular formula is C13H14N4O3S. The van der Waals surface area contributed by atoms with Gasteiger partial charge in [0.2, 0.25) is 5.95 Å². The molecule has 0 aliphatic carbocycles. The third kappa shape index (κ3) is 3.00. The summed E-state index contributed by atoms with van der Waals surface area (Å²) in [5.41, 5.74) is 6.29. The number of anilines is 1. The number of carbonyl (C=O) groups excluding carboxylic acids is 1. The maximum absolute atomic E-state index is 12.5. The standard InChI is InChI=1S/C13H14N4O3S/c1-9-8-10(2)16-13(15-9)17(12(14)18)21(19,20)11-6-4-3-5-7-11/h3-8H,1-2H3,(H2,14,18). The second kappa shape index (κ2) is 5.49. The molecule has 0 radical (unpaired) electrons. The van der Waals surface area contributed by atoms with E-state index in [1.807, 2.05) is 0 Å². The van der Waals surface area contributed by atoms with Crippen LogP contribution in [0.1, 0.15) is 11.4 Å². The Labute approximate surface area is 122 Å². The van der Waals surface area contributed by atoms with Crippen molar-refractivity contribution >= 4 is 22.0 Å². The van der Waals surface area contributed by atoms with Crippen LogP contribution in [-0.2, 0) is 10.0 Å². The zero-order chi connectivity index (χ0) is 15.6. The predicted molar refractivity (Wildman–Crippen MR) is 77.2 cm³/mol. The van der Waals surface area contributed by atoms with Crippen molar-refractivity contribution in [3.8, 4) is 0 Å². The fraction of sp³-hybridized carbons (Fsp3) is 0.154. The molecular weight excluding hydrogens is 292 g/mol. The van der Waals surface area contributed by atoms with Gasteiger partial charge < -0.3 is 5.73 Å². The third-order valence-electron chi connectivity index (χ3n) is 2.63. The molecule has 2 N–H and O–H groups in total. The quantitative estimate of drug-likeness (QED) is 0.921. The first kappa shape index (κ1) is 14.9. The van der Waals surface area contributed by atoms with E-state index >= 15 is 0 Å². The predicted octanol–water partition coefficient (Wildman–Crippen LogP) is 1.37. The minimum atomic E-state index is -4.15. The molecule has 8 heteroatoms. The zero-order valence-corrected chi connectivity index (χ0v) is 12.3. The second-order valence-electron chi connectivity index (χ2n) is 4.37. The molecule has 1 aromatic heterocycles. The highest BCUT2D eigenvalue weighted by molar-refractivity contribution is 7.93. The second-order valence-corrected chi connectivity index (χ2v) is 6.16. The third-order valence-corrected chi connectivity index (χ3v) is 4.33. The number of aromatic nitrogens is 2. The van der Waals surface area contributed by atoms with Crippen LogP contribution >= 0.6 is 0 Å². The van der Waals surface area contributed by atoms with Gasteiger partial charge in [-0.2, -0.15) is 0 Å². The molecule has 0 unspecified atom stereocenters. The zero-order valence-electron chi connectivity index (χ0n) is 11.5. The van der Waals surface area contributed by atoms with Crippen LogP contribution in [0.2, 0.25) is 0 Å². The van der Waals surface area contributed by atoms with Gasteiger partial charge in [-0.1, -0.05) is 18.2 Å². The highest BCUT2D eigenvalue weighted by Crippen LogP contribution is 2.20. The maximum atomic E-state index is 12.5. The summed E-state index contributed by atoms with van der Waals surface area (Å²) in [6, 6.07) is 8.01. The van der Waals surface area contributed by atoms with Crippen molar-refractivity contribution in [3.63, 3.8) is 0 Å². The van der Waals surface area contributed by atoms with E-state index in [4.69, 9.17) is 5.73 Å². The summed E-state index contributed by atoms with van der Waals surface area (Å²) in [5, 5.41) is 0. The Hall–Kier alpha value is -2.48. The van der Waals surface area contributed by atoms with E-state index in [1.54, 1.807) is 38.1 Å². The molecule has 2 rings (SSSR count). The summed E-state index contributed by atoms with van der Waals surface area (Å²) in [6.07, 6.45) is 0. The molecule has 0 saturated carbocycles. The number of benzene rings is 1. The summed E-state index contributed by atoms with van der Waals surface area (Å²) in [4.78, 5) is 19.5. The summed E-state index contributed by atoms with van der Waals surface area (Å²) < 4.78 is 25.5. The SMILES string of the molecule is Cc1cc(C)nc(N(C(N)=O)S(=O)(=O)c2ccccc2)n1.